The second kappa shape index (κ2) is 8.74. The zero-order chi connectivity index (χ0) is 22.9. The number of carbonyl (C=O) groups is 1. The molecular formula is C26H29F3N2O. The van der Waals surface area contributed by atoms with Crippen molar-refractivity contribution in [2.24, 2.45) is 0 Å². The van der Waals surface area contributed by atoms with E-state index in [2.05, 4.69) is 24.5 Å². The van der Waals surface area contributed by atoms with Gasteiger partial charge in [0.25, 0.3) is 5.91 Å². The first-order valence-corrected chi connectivity index (χ1v) is 11.1. The fourth-order valence-electron chi connectivity index (χ4n) is 5.03. The molecule has 170 valence electrons. The van der Waals surface area contributed by atoms with E-state index >= 15 is 0 Å². The van der Waals surface area contributed by atoms with E-state index in [0.29, 0.717) is 6.54 Å². The first kappa shape index (κ1) is 22.6. The number of hydrogen-bond donors (Lipinski definition) is 0. The summed E-state index contributed by atoms with van der Waals surface area (Å²) in [7, 11) is 0. The fourth-order valence-corrected chi connectivity index (χ4v) is 5.03. The Hall–Kier alpha value is -2.60. The van der Waals surface area contributed by atoms with Crippen LogP contribution in [0.5, 0.6) is 0 Å². The van der Waals surface area contributed by atoms with Crippen molar-refractivity contribution in [2.45, 2.75) is 44.2 Å². The Balaban J connectivity index is 1.54. The molecule has 0 unspecified atom stereocenters. The average Bonchev–Trinajstić information content (AvgIpc) is 3.08. The van der Waals surface area contributed by atoms with Gasteiger partial charge in [-0.25, -0.2) is 0 Å². The van der Waals surface area contributed by atoms with Gasteiger partial charge in [0.1, 0.15) is 0 Å². The standard InChI is InChI=1S/C26H29F3N2O/c1-19(2)7-6-14-30-15-12-25(13-16-30)18-31(23-11-4-3-10-22(23)25)24(32)20-8-5-9-21(17-20)26(27,28)29/h3-5,8-11,17H,1,6-7,12-16,18H2,2H3. The smallest absolute Gasteiger partial charge is 0.307 e. The maximum Gasteiger partial charge on any atom is 0.416 e. The highest BCUT2D eigenvalue weighted by atomic mass is 19.4. The minimum Gasteiger partial charge on any atom is -0.307 e. The van der Waals surface area contributed by atoms with Crippen LogP contribution in [-0.4, -0.2) is 37.0 Å². The lowest BCUT2D eigenvalue weighted by Gasteiger charge is -2.40. The number of anilines is 1. The Kier molecular flexibility index (Phi) is 6.17. The van der Waals surface area contributed by atoms with Crippen molar-refractivity contribution >= 4 is 11.6 Å². The summed E-state index contributed by atoms with van der Waals surface area (Å²) in [6.45, 7) is 9.49. The van der Waals surface area contributed by atoms with Crippen molar-refractivity contribution in [3.05, 3.63) is 77.4 Å². The first-order chi connectivity index (χ1) is 15.2. The monoisotopic (exact) mass is 442 g/mol. The Morgan fingerprint density at radius 2 is 1.81 bits per heavy atom. The zero-order valence-electron chi connectivity index (χ0n) is 18.4. The van der Waals surface area contributed by atoms with E-state index in [1.807, 2.05) is 18.2 Å². The maximum atomic E-state index is 13.3. The van der Waals surface area contributed by atoms with Crippen LogP contribution in [0.3, 0.4) is 0 Å². The lowest BCUT2D eigenvalue weighted by atomic mass is 9.74. The molecule has 0 radical (unpaired) electrons. The number of likely N-dealkylation sites (tertiary alicyclic amines) is 1. The highest BCUT2D eigenvalue weighted by molar-refractivity contribution is 6.07. The fraction of sp³-hybridized carbons (Fsp3) is 0.423. The molecule has 0 bridgehead atoms. The van der Waals surface area contributed by atoms with E-state index in [1.54, 1.807) is 4.90 Å². The van der Waals surface area contributed by atoms with Gasteiger partial charge in [0.05, 0.1) is 5.56 Å². The largest absolute Gasteiger partial charge is 0.416 e. The van der Waals surface area contributed by atoms with E-state index in [0.717, 1.165) is 68.7 Å². The number of halogens is 3. The Morgan fingerprint density at radius 1 is 1.09 bits per heavy atom. The number of rotatable bonds is 5. The number of nitrogens with zero attached hydrogens (tertiary/aromatic N) is 2. The van der Waals surface area contributed by atoms with Crippen molar-refractivity contribution in [2.75, 3.05) is 31.1 Å². The minimum absolute atomic E-state index is 0.0731. The number of benzene rings is 2. The molecule has 0 N–H and O–H groups in total. The van der Waals surface area contributed by atoms with Gasteiger partial charge in [-0.1, -0.05) is 29.8 Å². The van der Waals surface area contributed by atoms with Gasteiger partial charge < -0.3 is 9.80 Å². The van der Waals surface area contributed by atoms with Crippen molar-refractivity contribution in [3.63, 3.8) is 0 Å². The average molecular weight is 443 g/mol. The predicted molar refractivity (Wildman–Crippen MR) is 121 cm³/mol. The van der Waals surface area contributed by atoms with Crippen LogP contribution in [0.2, 0.25) is 0 Å². The third kappa shape index (κ3) is 4.46. The number of amides is 1. The molecule has 2 aromatic rings. The summed E-state index contributed by atoms with van der Waals surface area (Å²) >= 11 is 0. The molecule has 2 heterocycles. The van der Waals surface area contributed by atoms with Crippen LogP contribution in [-0.2, 0) is 11.6 Å². The van der Waals surface area contributed by atoms with Crippen LogP contribution in [0.1, 0.15) is 54.1 Å². The summed E-state index contributed by atoms with van der Waals surface area (Å²) in [6.07, 6.45) is -0.479. The number of allylic oxidation sites excluding steroid dienone is 1. The molecule has 4 rings (SSSR count). The zero-order valence-corrected chi connectivity index (χ0v) is 18.4. The van der Waals surface area contributed by atoms with Crippen LogP contribution in [0.25, 0.3) is 0 Å². The first-order valence-electron chi connectivity index (χ1n) is 11.1. The van der Waals surface area contributed by atoms with Gasteiger partial charge in [0.15, 0.2) is 0 Å². The maximum absolute atomic E-state index is 13.3. The summed E-state index contributed by atoms with van der Waals surface area (Å²) in [5, 5.41) is 0. The second-order valence-corrected chi connectivity index (χ2v) is 9.17. The Bertz CT molecular complexity index is 1010. The van der Waals surface area contributed by atoms with Gasteiger partial charge in [0.2, 0.25) is 0 Å². The van der Waals surface area contributed by atoms with Crippen molar-refractivity contribution in [1.29, 1.82) is 0 Å². The third-order valence-electron chi connectivity index (χ3n) is 6.80. The molecule has 0 aromatic heterocycles. The molecule has 3 nitrogen and oxygen atoms in total. The highest BCUT2D eigenvalue weighted by Gasteiger charge is 2.46. The summed E-state index contributed by atoms with van der Waals surface area (Å²) in [5.41, 5.74) is 2.30. The summed E-state index contributed by atoms with van der Waals surface area (Å²) in [5.74, 6) is -0.371. The molecule has 32 heavy (non-hydrogen) atoms. The van der Waals surface area contributed by atoms with Crippen molar-refractivity contribution in [1.82, 2.24) is 4.90 Å². The van der Waals surface area contributed by atoms with Gasteiger partial charge >= 0.3 is 6.18 Å². The molecule has 1 saturated heterocycles. The van der Waals surface area contributed by atoms with Crippen LogP contribution in [0.15, 0.2) is 60.7 Å². The molecule has 6 heteroatoms. The van der Waals surface area contributed by atoms with Gasteiger partial charge in [0, 0.05) is 23.2 Å². The number of carbonyl (C=O) groups excluding carboxylic acids is 1. The van der Waals surface area contributed by atoms with E-state index in [-0.39, 0.29) is 16.9 Å². The molecule has 0 atom stereocenters. The molecule has 0 saturated carbocycles. The van der Waals surface area contributed by atoms with E-state index in [1.165, 1.54) is 17.7 Å². The summed E-state index contributed by atoms with van der Waals surface area (Å²) in [6, 6.07) is 12.6. The van der Waals surface area contributed by atoms with Crippen LogP contribution in [0, 0.1) is 0 Å². The topological polar surface area (TPSA) is 23.6 Å². The van der Waals surface area contributed by atoms with Crippen LogP contribution < -0.4 is 4.90 Å². The van der Waals surface area contributed by atoms with Crippen molar-refractivity contribution in [3.8, 4) is 0 Å². The number of hydrogen-bond acceptors (Lipinski definition) is 2. The highest BCUT2D eigenvalue weighted by Crippen LogP contribution is 2.47. The van der Waals surface area contributed by atoms with E-state index in [4.69, 9.17) is 0 Å². The molecule has 0 aliphatic carbocycles. The lowest BCUT2D eigenvalue weighted by Crippen LogP contribution is -2.46. The molecule has 1 spiro atoms. The predicted octanol–water partition coefficient (Wildman–Crippen LogP) is 6.06. The van der Waals surface area contributed by atoms with Crippen LogP contribution in [0.4, 0.5) is 18.9 Å². The number of alkyl halides is 3. The van der Waals surface area contributed by atoms with Gasteiger partial charge in [-0.15, -0.1) is 6.58 Å². The molecule has 1 amide bonds. The molecule has 2 aromatic carbocycles. The lowest BCUT2D eigenvalue weighted by molar-refractivity contribution is -0.137. The van der Waals surface area contributed by atoms with Gasteiger partial charge in [-0.05, 0) is 82.1 Å². The van der Waals surface area contributed by atoms with Gasteiger partial charge in [-0.2, -0.15) is 13.2 Å². The number of fused-ring (bicyclic) bond motifs is 2. The Labute approximate surface area is 187 Å². The summed E-state index contributed by atoms with van der Waals surface area (Å²) in [4.78, 5) is 17.5. The second-order valence-electron chi connectivity index (χ2n) is 9.17. The molecule has 2 aliphatic heterocycles. The van der Waals surface area contributed by atoms with E-state index in [9.17, 15) is 18.0 Å². The van der Waals surface area contributed by atoms with Gasteiger partial charge in [-0.3, -0.25) is 4.79 Å². The normalized spacial score (nSPS) is 18.1. The number of para-hydroxylation sites is 1. The van der Waals surface area contributed by atoms with Crippen molar-refractivity contribution < 1.29 is 18.0 Å². The molecule has 1 fully saturated rings. The van der Waals surface area contributed by atoms with E-state index < -0.39 is 11.7 Å². The summed E-state index contributed by atoms with van der Waals surface area (Å²) < 4.78 is 39.5. The quantitative estimate of drug-likeness (QED) is 0.526. The molecular weight excluding hydrogens is 413 g/mol. The SMILES string of the molecule is C=C(C)CCCN1CCC2(CC1)CN(C(=O)c1cccc(C(F)(F)F)c1)c1ccccc12. The Morgan fingerprint density at radius 3 is 2.50 bits per heavy atom. The van der Waals surface area contributed by atoms with Crippen LogP contribution >= 0.6 is 0 Å². The minimum atomic E-state index is -4.47. The number of piperidine rings is 1. The third-order valence-corrected chi connectivity index (χ3v) is 6.80. The molecule has 2 aliphatic rings.